The van der Waals surface area contributed by atoms with Crippen LogP contribution < -0.4 is 0 Å². The number of piperazine rings is 1. The standard InChI is InChI=1S/C16H28N2O/c1-14(2)16-5-3-15(4-6-16)13-18-9-7-17(8-10-18)11-12-19/h3,16,19H,1,4-13H2,2H3/t16-/m1/s1. The van der Waals surface area contributed by atoms with E-state index in [1.165, 1.54) is 24.8 Å². The van der Waals surface area contributed by atoms with Gasteiger partial charge in [-0.1, -0.05) is 23.8 Å². The SMILES string of the molecule is C=C(C)[C@@H]1CC=C(CN2CCN(CCO)CC2)CC1. The third-order valence-electron chi connectivity index (χ3n) is 4.51. The zero-order valence-corrected chi connectivity index (χ0v) is 12.3. The van der Waals surface area contributed by atoms with E-state index >= 15 is 0 Å². The van der Waals surface area contributed by atoms with E-state index < -0.39 is 0 Å². The molecule has 0 aromatic carbocycles. The van der Waals surface area contributed by atoms with Gasteiger partial charge in [0.25, 0.3) is 0 Å². The predicted octanol–water partition coefficient (Wildman–Crippen LogP) is 1.90. The van der Waals surface area contributed by atoms with Gasteiger partial charge in [-0.15, -0.1) is 0 Å². The van der Waals surface area contributed by atoms with Gasteiger partial charge in [0.05, 0.1) is 6.61 Å². The molecule has 0 radical (unpaired) electrons. The third-order valence-corrected chi connectivity index (χ3v) is 4.51. The van der Waals surface area contributed by atoms with Crippen molar-refractivity contribution in [2.45, 2.75) is 26.2 Å². The van der Waals surface area contributed by atoms with Gasteiger partial charge in [-0.3, -0.25) is 9.80 Å². The molecule has 1 heterocycles. The first-order valence-corrected chi connectivity index (χ1v) is 7.58. The van der Waals surface area contributed by atoms with Gasteiger partial charge in [0.1, 0.15) is 0 Å². The number of nitrogens with zero attached hydrogens (tertiary/aromatic N) is 2. The minimum absolute atomic E-state index is 0.285. The number of allylic oxidation sites excluding steroid dienone is 2. The molecule has 1 fully saturated rings. The van der Waals surface area contributed by atoms with Crippen LogP contribution in [0.2, 0.25) is 0 Å². The lowest BCUT2D eigenvalue weighted by Gasteiger charge is -2.35. The summed E-state index contributed by atoms with van der Waals surface area (Å²) in [5.74, 6) is 0.713. The second kappa shape index (κ2) is 7.22. The highest BCUT2D eigenvalue weighted by Crippen LogP contribution is 2.28. The Morgan fingerprint density at radius 1 is 1.32 bits per heavy atom. The van der Waals surface area contributed by atoms with Crippen LogP contribution in [0.15, 0.2) is 23.8 Å². The van der Waals surface area contributed by atoms with Crippen LogP contribution in [0.5, 0.6) is 0 Å². The minimum atomic E-state index is 0.285. The van der Waals surface area contributed by atoms with Gasteiger partial charge in [0.2, 0.25) is 0 Å². The molecule has 1 aliphatic heterocycles. The van der Waals surface area contributed by atoms with Crippen LogP contribution in [-0.2, 0) is 0 Å². The molecule has 1 saturated heterocycles. The summed E-state index contributed by atoms with van der Waals surface area (Å²) in [5, 5.41) is 8.94. The maximum absolute atomic E-state index is 8.94. The van der Waals surface area contributed by atoms with Crippen molar-refractivity contribution in [3.8, 4) is 0 Å². The van der Waals surface area contributed by atoms with Crippen molar-refractivity contribution in [3.05, 3.63) is 23.8 Å². The van der Waals surface area contributed by atoms with Gasteiger partial charge in [-0.25, -0.2) is 0 Å². The van der Waals surface area contributed by atoms with Crippen molar-refractivity contribution >= 4 is 0 Å². The van der Waals surface area contributed by atoms with Gasteiger partial charge >= 0.3 is 0 Å². The van der Waals surface area contributed by atoms with Gasteiger partial charge in [-0.2, -0.15) is 0 Å². The summed E-state index contributed by atoms with van der Waals surface area (Å²) in [6, 6.07) is 0. The van der Waals surface area contributed by atoms with Crippen molar-refractivity contribution in [1.29, 1.82) is 0 Å². The van der Waals surface area contributed by atoms with E-state index in [-0.39, 0.29) is 6.61 Å². The van der Waals surface area contributed by atoms with Gasteiger partial charge in [0.15, 0.2) is 0 Å². The topological polar surface area (TPSA) is 26.7 Å². The Morgan fingerprint density at radius 2 is 2.00 bits per heavy atom. The molecule has 0 bridgehead atoms. The lowest BCUT2D eigenvalue weighted by molar-refractivity contribution is 0.117. The van der Waals surface area contributed by atoms with E-state index in [0.29, 0.717) is 5.92 Å². The third kappa shape index (κ3) is 4.44. The lowest BCUT2D eigenvalue weighted by Crippen LogP contribution is -2.47. The molecule has 0 unspecified atom stereocenters. The largest absolute Gasteiger partial charge is 0.395 e. The van der Waals surface area contributed by atoms with Crippen LogP contribution in [0.4, 0.5) is 0 Å². The molecular weight excluding hydrogens is 236 g/mol. The zero-order chi connectivity index (χ0) is 13.7. The van der Waals surface area contributed by atoms with E-state index in [2.05, 4.69) is 29.4 Å². The summed E-state index contributed by atoms with van der Waals surface area (Å²) in [4.78, 5) is 4.91. The Morgan fingerprint density at radius 3 is 2.53 bits per heavy atom. The summed E-state index contributed by atoms with van der Waals surface area (Å²) < 4.78 is 0. The smallest absolute Gasteiger partial charge is 0.0558 e. The molecule has 19 heavy (non-hydrogen) atoms. The maximum atomic E-state index is 8.94. The van der Waals surface area contributed by atoms with Crippen LogP contribution in [-0.4, -0.2) is 60.8 Å². The highest BCUT2D eigenvalue weighted by atomic mass is 16.3. The summed E-state index contributed by atoms with van der Waals surface area (Å²) in [5.41, 5.74) is 2.96. The molecule has 0 aromatic rings. The van der Waals surface area contributed by atoms with Crippen LogP contribution in [0.3, 0.4) is 0 Å². The van der Waals surface area contributed by atoms with Crippen LogP contribution in [0.25, 0.3) is 0 Å². The molecule has 1 N–H and O–H groups in total. The molecule has 0 amide bonds. The molecule has 2 aliphatic rings. The Balaban J connectivity index is 1.73. The van der Waals surface area contributed by atoms with Crippen LogP contribution in [0.1, 0.15) is 26.2 Å². The lowest BCUT2D eigenvalue weighted by atomic mass is 9.85. The zero-order valence-electron chi connectivity index (χ0n) is 12.3. The maximum Gasteiger partial charge on any atom is 0.0558 e. The predicted molar refractivity (Wildman–Crippen MR) is 80.2 cm³/mol. The number of aliphatic hydroxyl groups is 1. The van der Waals surface area contributed by atoms with Crippen LogP contribution in [0, 0.1) is 5.92 Å². The molecular formula is C16H28N2O. The fourth-order valence-electron chi connectivity index (χ4n) is 3.08. The first-order chi connectivity index (χ1) is 9.19. The van der Waals surface area contributed by atoms with E-state index in [4.69, 9.17) is 5.11 Å². The Bertz CT molecular complexity index is 330. The van der Waals surface area contributed by atoms with Crippen LogP contribution >= 0.6 is 0 Å². The molecule has 3 heteroatoms. The number of hydrogen-bond donors (Lipinski definition) is 1. The Hall–Kier alpha value is -0.640. The summed E-state index contributed by atoms with van der Waals surface area (Å²) >= 11 is 0. The molecule has 1 aliphatic carbocycles. The number of aliphatic hydroxyl groups excluding tert-OH is 1. The molecule has 1 atom stereocenters. The monoisotopic (exact) mass is 264 g/mol. The fourth-order valence-corrected chi connectivity index (χ4v) is 3.08. The fraction of sp³-hybridized carbons (Fsp3) is 0.750. The summed E-state index contributed by atoms with van der Waals surface area (Å²) in [6.07, 6.45) is 6.16. The van der Waals surface area contributed by atoms with Crippen molar-refractivity contribution in [1.82, 2.24) is 9.80 Å². The van der Waals surface area contributed by atoms with Crippen molar-refractivity contribution in [2.75, 3.05) is 45.9 Å². The molecule has 3 nitrogen and oxygen atoms in total. The average Bonchev–Trinajstić information content (AvgIpc) is 2.42. The second-order valence-corrected chi connectivity index (χ2v) is 6.02. The highest BCUT2D eigenvalue weighted by molar-refractivity contribution is 5.13. The first-order valence-electron chi connectivity index (χ1n) is 7.58. The van der Waals surface area contributed by atoms with Gasteiger partial charge < -0.3 is 5.11 Å². The summed E-state index contributed by atoms with van der Waals surface area (Å²) in [7, 11) is 0. The molecule has 0 spiro atoms. The van der Waals surface area contributed by atoms with Gasteiger partial charge in [-0.05, 0) is 32.1 Å². The van der Waals surface area contributed by atoms with Crippen molar-refractivity contribution in [2.24, 2.45) is 5.92 Å². The Labute approximate surface area is 117 Å². The molecule has 0 saturated carbocycles. The highest BCUT2D eigenvalue weighted by Gasteiger charge is 2.19. The number of β-amino-alcohol motifs (C(OH)–C–C–N with tert-alkyl or cyclic N) is 1. The second-order valence-electron chi connectivity index (χ2n) is 6.02. The van der Waals surface area contributed by atoms with E-state index in [9.17, 15) is 0 Å². The quantitative estimate of drug-likeness (QED) is 0.768. The molecule has 108 valence electrons. The van der Waals surface area contributed by atoms with E-state index in [1.54, 1.807) is 5.57 Å². The van der Waals surface area contributed by atoms with E-state index in [1.807, 2.05) is 0 Å². The molecule has 2 rings (SSSR count). The summed E-state index contributed by atoms with van der Waals surface area (Å²) in [6.45, 7) is 13.0. The van der Waals surface area contributed by atoms with Crippen molar-refractivity contribution in [3.63, 3.8) is 0 Å². The Kier molecular flexibility index (Phi) is 5.61. The number of rotatable bonds is 5. The first kappa shape index (κ1) is 14.8. The normalized spacial score (nSPS) is 26.2. The van der Waals surface area contributed by atoms with Gasteiger partial charge in [0, 0.05) is 39.3 Å². The van der Waals surface area contributed by atoms with Crippen molar-refractivity contribution < 1.29 is 5.11 Å². The minimum Gasteiger partial charge on any atom is -0.395 e. The average molecular weight is 264 g/mol. The number of hydrogen-bond acceptors (Lipinski definition) is 3. The molecule has 0 aromatic heterocycles. The van der Waals surface area contributed by atoms with E-state index in [0.717, 1.165) is 39.3 Å².